The number of hydrogen-bond acceptors (Lipinski definition) is 5. The highest BCUT2D eigenvalue weighted by molar-refractivity contribution is 5.39. The van der Waals surface area contributed by atoms with Gasteiger partial charge in [-0.2, -0.15) is 0 Å². The monoisotopic (exact) mass is 302 g/mol. The van der Waals surface area contributed by atoms with E-state index in [1.807, 2.05) is 31.2 Å². The Labute approximate surface area is 130 Å². The fourth-order valence-electron chi connectivity index (χ4n) is 2.79. The van der Waals surface area contributed by atoms with E-state index in [-0.39, 0.29) is 6.10 Å². The molecule has 0 N–H and O–H groups in total. The molecule has 0 bridgehead atoms. The molecule has 22 heavy (non-hydrogen) atoms. The zero-order valence-corrected chi connectivity index (χ0v) is 13.1. The summed E-state index contributed by atoms with van der Waals surface area (Å²) in [5.41, 5.74) is 1.00. The molecule has 1 aliphatic rings. The summed E-state index contributed by atoms with van der Waals surface area (Å²) in [6.45, 7) is 4.73. The molecule has 118 valence electrons. The van der Waals surface area contributed by atoms with E-state index in [2.05, 4.69) is 9.88 Å². The van der Waals surface area contributed by atoms with Crippen molar-refractivity contribution >= 4 is 0 Å². The average molecular weight is 302 g/mol. The van der Waals surface area contributed by atoms with Crippen molar-refractivity contribution in [1.82, 2.24) is 9.88 Å². The Morgan fingerprint density at radius 1 is 1.23 bits per heavy atom. The van der Waals surface area contributed by atoms with Gasteiger partial charge >= 0.3 is 0 Å². The van der Waals surface area contributed by atoms with Gasteiger partial charge in [-0.1, -0.05) is 12.1 Å². The zero-order valence-electron chi connectivity index (χ0n) is 13.1. The number of aromatic nitrogens is 1. The van der Waals surface area contributed by atoms with Gasteiger partial charge in [0.1, 0.15) is 12.4 Å². The van der Waals surface area contributed by atoms with E-state index in [1.165, 1.54) is 0 Å². The van der Waals surface area contributed by atoms with E-state index in [9.17, 15) is 0 Å². The summed E-state index contributed by atoms with van der Waals surface area (Å²) in [7, 11) is 1.67. The Hall–Kier alpha value is -2.01. The quantitative estimate of drug-likeness (QED) is 0.849. The lowest BCUT2D eigenvalue weighted by Gasteiger charge is -2.31. The van der Waals surface area contributed by atoms with Crippen LogP contribution < -0.4 is 9.47 Å². The third-order valence-electron chi connectivity index (χ3n) is 3.95. The van der Waals surface area contributed by atoms with Gasteiger partial charge in [0.05, 0.1) is 12.8 Å². The third-order valence-corrected chi connectivity index (χ3v) is 3.95. The summed E-state index contributed by atoms with van der Waals surface area (Å²) in [6, 6.07) is 7.81. The van der Waals surface area contributed by atoms with Crippen LogP contribution in [0.2, 0.25) is 0 Å². The third kappa shape index (κ3) is 3.60. The number of oxazole rings is 1. The molecule has 2 heterocycles. The number of rotatable bonds is 5. The maximum atomic E-state index is 6.09. The molecule has 0 saturated carbocycles. The van der Waals surface area contributed by atoms with E-state index in [0.717, 1.165) is 55.6 Å². The number of ether oxygens (including phenoxy) is 2. The minimum Gasteiger partial charge on any atom is -0.493 e. The summed E-state index contributed by atoms with van der Waals surface area (Å²) in [6.07, 6.45) is 4.00. The molecule has 1 aromatic heterocycles. The number of aryl methyl sites for hydroxylation is 1. The van der Waals surface area contributed by atoms with Crippen LogP contribution in [0.25, 0.3) is 0 Å². The molecule has 5 heteroatoms. The predicted octanol–water partition coefficient (Wildman–Crippen LogP) is 3.04. The molecule has 2 aromatic rings. The molecule has 1 fully saturated rings. The maximum Gasteiger partial charge on any atom is 0.191 e. The first-order chi connectivity index (χ1) is 10.7. The Morgan fingerprint density at radius 2 is 1.95 bits per heavy atom. The van der Waals surface area contributed by atoms with Crippen LogP contribution in [0.5, 0.6) is 11.5 Å². The fraction of sp³-hybridized carbons (Fsp3) is 0.471. The summed E-state index contributed by atoms with van der Waals surface area (Å²) in [5.74, 6) is 2.35. The first-order valence-electron chi connectivity index (χ1n) is 7.67. The van der Waals surface area contributed by atoms with Gasteiger partial charge in [0.25, 0.3) is 0 Å². The van der Waals surface area contributed by atoms with Crippen LogP contribution in [-0.4, -0.2) is 36.2 Å². The molecule has 0 radical (unpaired) electrons. The van der Waals surface area contributed by atoms with Gasteiger partial charge in [0, 0.05) is 26.6 Å². The second-order valence-electron chi connectivity index (χ2n) is 5.60. The molecular formula is C17H22N2O3. The molecule has 5 nitrogen and oxygen atoms in total. The Balaban J connectivity index is 1.51. The topological polar surface area (TPSA) is 47.7 Å². The van der Waals surface area contributed by atoms with Gasteiger partial charge in [-0.05, 0) is 25.0 Å². The maximum absolute atomic E-state index is 6.09. The van der Waals surface area contributed by atoms with Crippen LogP contribution in [0.1, 0.15) is 24.4 Å². The first-order valence-corrected chi connectivity index (χ1v) is 7.67. The molecule has 1 aliphatic heterocycles. The van der Waals surface area contributed by atoms with Crippen molar-refractivity contribution in [3.05, 3.63) is 42.1 Å². The van der Waals surface area contributed by atoms with E-state index >= 15 is 0 Å². The zero-order chi connectivity index (χ0) is 15.4. The Morgan fingerprint density at radius 3 is 2.59 bits per heavy atom. The standard InChI is InChI=1S/C17H22N2O3/c1-13-18-14(12-21-13)11-19-9-7-15(8-10-19)22-17-6-4-3-5-16(17)20-2/h3-6,12,15H,7-11H2,1-2H3. The second-order valence-corrected chi connectivity index (χ2v) is 5.60. The van der Waals surface area contributed by atoms with Gasteiger partial charge in [0.15, 0.2) is 17.4 Å². The van der Waals surface area contributed by atoms with Crippen LogP contribution >= 0.6 is 0 Å². The lowest BCUT2D eigenvalue weighted by Crippen LogP contribution is -2.37. The molecule has 0 aliphatic carbocycles. The molecule has 0 unspecified atom stereocenters. The van der Waals surface area contributed by atoms with Crippen LogP contribution in [0.15, 0.2) is 34.9 Å². The summed E-state index contributed by atoms with van der Waals surface area (Å²) in [4.78, 5) is 6.75. The van der Waals surface area contributed by atoms with Crippen molar-refractivity contribution in [2.75, 3.05) is 20.2 Å². The van der Waals surface area contributed by atoms with Crippen LogP contribution in [-0.2, 0) is 6.54 Å². The molecule has 1 aromatic carbocycles. The normalized spacial score (nSPS) is 16.6. The van der Waals surface area contributed by atoms with Gasteiger partial charge in [-0.3, -0.25) is 4.90 Å². The van der Waals surface area contributed by atoms with E-state index in [1.54, 1.807) is 13.4 Å². The SMILES string of the molecule is COc1ccccc1OC1CCN(Cc2coc(C)n2)CC1. The van der Waals surface area contributed by atoms with Crippen molar-refractivity contribution in [1.29, 1.82) is 0 Å². The number of likely N-dealkylation sites (tertiary alicyclic amines) is 1. The van der Waals surface area contributed by atoms with Gasteiger partial charge < -0.3 is 13.9 Å². The average Bonchev–Trinajstić information content (AvgIpc) is 2.95. The Kier molecular flexibility index (Phi) is 4.63. The lowest BCUT2D eigenvalue weighted by atomic mass is 10.1. The molecule has 0 atom stereocenters. The largest absolute Gasteiger partial charge is 0.493 e. The number of benzene rings is 1. The van der Waals surface area contributed by atoms with E-state index in [4.69, 9.17) is 13.9 Å². The van der Waals surface area contributed by atoms with Gasteiger partial charge in [-0.25, -0.2) is 4.98 Å². The van der Waals surface area contributed by atoms with Crippen LogP contribution in [0.3, 0.4) is 0 Å². The molecular weight excluding hydrogens is 280 g/mol. The number of para-hydroxylation sites is 2. The number of nitrogens with zero attached hydrogens (tertiary/aromatic N) is 2. The van der Waals surface area contributed by atoms with E-state index < -0.39 is 0 Å². The van der Waals surface area contributed by atoms with Crippen molar-refractivity contribution in [3.8, 4) is 11.5 Å². The van der Waals surface area contributed by atoms with Gasteiger partial charge in [0.2, 0.25) is 0 Å². The molecule has 0 spiro atoms. The molecule has 1 saturated heterocycles. The van der Waals surface area contributed by atoms with Crippen molar-refractivity contribution in [3.63, 3.8) is 0 Å². The van der Waals surface area contributed by atoms with Gasteiger partial charge in [-0.15, -0.1) is 0 Å². The molecule has 3 rings (SSSR count). The number of piperidine rings is 1. The predicted molar refractivity (Wildman–Crippen MR) is 83.2 cm³/mol. The minimum absolute atomic E-state index is 0.242. The highest BCUT2D eigenvalue weighted by Gasteiger charge is 2.22. The minimum atomic E-state index is 0.242. The molecule has 0 amide bonds. The van der Waals surface area contributed by atoms with E-state index in [0.29, 0.717) is 0 Å². The number of hydrogen-bond donors (Lipinski definition) is 0. The van der Waals surface area contributed by atoms with Crippen molar-refractivity contribution in [2.45, 2.75) is 32.4 Å². The Bertz CT molecular complexity index is 603. The summed E-state index contributed by atoms with van der Waals surface area (Å²) >= 11 is 0. The smallest absolute Gasteiger partial charge is 0.191 e. The lowest BCUT2D eigenvalue weighted by molar-refractivity contribution is 0.0937. The van der Waals surface area contributed by atoms with Crippen LogP contribution in [0, 0.1) is 6.92 Å². The number of methoxy groups -OCH3 is 1. The second kappa shape index (κ2) is 6.83. The van der Waals surface area contributed by atoms with Crippen LogP contribution in [0.4, 0.5) is 0 Å². The first kappa shape index (κ1) is 14.9. The van der Waals surface area contributed by atoms with Crippen molar-refractivity contribution in [2.24, 2.45) is 0 Å². The summed E-state index contributed by atoms with van der Waals surface area (Å²) in [5, 5.41) is 0. The summed E-state index contributed by atoms with van der Waals surface area (Å²) < 4.78 is 16.7. The fourth-order valence-corrected chi connectivity index (χ4v) is 2.79. The van der Waals surface area contributed by atoms with Crippen molar-refractivity contribution < 1.29 is 13.9 Å². The highest BCUT2D eigenvalue weighted by Crippen LogP contribution is 2.29. The highest BCUT2D eigenvalue weighted by atomic mass is 16.5.